The molecule has 0 saturated heterocycles. The molecule has 2 atom stereocenters. The second-order valence-corrected chi connectivity index (χ2v) is 13.3. The molecule has 4 aromatic carbocycles. The first-order valence-electron chi connectivity index (χ1n) is 16.9. The summed E-state index contributed by atoms with van der Waals surface area (Å²) in [6.07, 6.45) is 4.08. The fraction of sp³-hybridized carbons (Fsp3) is 0.375. The molecule has 8 nitrogen and oxygen atoms in total. The Hall–Kier alpha value is -4.85. The van der Waals surface area contributed by atoms with E-state index in [1.165, 1.54) is 4.90 Å². The van der Waals surface area contributed by atoms with E-state index in [0.29, 0.717) is 23.2 Å². The Morgan fingerprint density at radius 3 is 2.23 bits per heavy atom. The van der Waals surface area contributed by atoms with Gasteiger partial charge in [0.15, 0.2) is 0 Å². The van der Waals surface area contributed by atoms with Crippen LogP contribution in [0.25, 0.3) is 10.8 Å². The maximum atomic E-state index is 14.8. The number of carbonyl (C=O) groups is 3. The summed E-state index contributed by atoms with van der Waals surface area (Å²) < 4.78 is 5.56. The van der Waals surface area contributed by atoms with Crippen LogP contribution >= 0.6 is 0 Å². The number of alkyl carbamates (subject to hydrolysis) is 1. The van der Waals surface area contributed by atoms with Crippen LogP contribution in [0.5, 0.6) is 5.75 Å². The fourth-order valence-electron chi connectivity index (χ4n) is 5.78. The number of unbranched alkanes of at least 4 members (excludes halogenated alkanes) is 4. The predicted molar refractivity (Wildman–Crippen MR) is 192 cm³/mol. The highest BCUT2D eigenvalue weighted by molar-refractivity contribution is 6.00. The minimum absolute atomic E-state index is 0.0559. The standard InChI is InChI=1S/C40H49N3O5/c1-6-7-8-9-15-25-43(38(46)34(26-29-18-11-10-12-19-29)42-39(47)48-40(3,4)5)35(33-22-16-17-28(2)36(33)44)37(45)41-32-24-23-30-20-13-14-21-31(30)27-32/h10-14,16-24,27,34-35,44H,6-9,15,25-26H2,1-5H3,(H,41,45)(H,42,47). The van der Waals surface area contributed by atoms with Crippen molar-refractivity contribution in [1.82, 2.24) is 10.2 Å². The number of ether oxygens (including phenoxy) is 1. The fourth-order valence-corrected chi connectivity index (χ4v) is 5.78. The summed E-state index contributed by atoms with van der Waals surface area (Å²) in [5.41, 5.74) is 1.52. The van der Waals surface area contributed by atoms with Gasteiger partial charge in [0.05, 0.1) is 0 Å². The summed E-state index contributed by atoms with van der Waals surface area (Å²) in [5, 5.41) is 19.2. The van der Waals surface area contributed by atoms with Crippen molar-refractivity contribution < 1.29 is 24.2 Å². The highest BCUT2D eigenvalue weighted by atomic mass is 16.6. The molecule has 4 aromatic rings. The summed E-state index contributed by atoms with van der Waals surface area (Å²) >= 11 is 0. The molecule has 2 unspecified atom stereocenters. The highest BCUT2D eigenvalue weighted by Gasteiger charge is 2.37. The minimum Gasteiger partial charge on any atom is -0.507 e. The van der Waals surface area contributed by atoms with Gasteiger partial charge in [-0.1, -0.05) is 111 Å². The molecular formula is C40H49N3O5. The second kappa shape index (κ2) is 16.8. The van der Waals surface area contributed by atoms with Crippen LogP contribution in [0.4, 0.5) is 10.5 Å². The average molecular weight is 652 g/mol. The normalized spacial score (nSPS) is 12.6. The number of benzene rings is 4. The zero-order chi connectivity index (χ0) is 34.7. The molecule has 8 heteroatoms. The van der Waals surface area contributed by atoms with E-state index in [4.69, 9.17) is 4.74 Å². The Morgan fingerprint density at radius 2 is 1.52 bits per heavy atom. The molecule has 4 rings (SSSR count). The first-order valence-corrected chi connectivity index (χ1v) is 16.9. The van der Waals surface area contributed by atoms with Gasteiger partial charge in [0.2, 0.25) is 5.91 Å². The molecule has 0 aliphatic rings. The van der Waals surface area contributed by atoms with Gasteiger partial charge in [-0.15, -0.1) is 0 Å². The summed E-state index contributed by atoms with van der Waals surface area (Å²) in [6.45, 7) is 9.42. The second-order valence-electron chi connectivity index (χ2n) is 13.3. The number of aromatic hydroxyl groups is 1. The number of fused-ring (bicyclic) bond motifs is 1. The van der Waals surface area contributed by atoms with Crippen molar-refractivity contribution in [2.24, 2.45) is 0 Å². The topological polar surface area (TPSA) is 108 Å². The maximum Gasteiger partial charge on any atom is 0.408 e. The van der Waals surface area contributed by atoms with Gasteiger partial charge in [-0.05, 0) is 68.1 Å². The van der Waals surface area contributed by atoms with Crippen molar-refractivity contribution in [3.63, 3.8) is 0 Å². The number of phenolic OH excluding ortho intramolecular Hbond substituents is 1. The largest absolute Gasteiger partial charge is 0.507 e. The van der Waals surface area contributed by atoms with Gasteiger partial charge < -0.3 is 25.4 Å². The van der Waals surface area contributed by atoms with Crippen LogP contribution in [0, 0.1) is 6.92 Å². The summed E-state index contributed by atoms with van der Waals surface area (Å²) in [7, 11) is 0. The van der Waals surface area contributed by atoms with Crippen molar-refractivity contribution in [2.45, 2.75) is 90.8 Å². The number of hydrogen-bond donors (Lipinski definition) is 3. The van der Waals surface area contributed by atoms with Crippen LogP contribution < -0.4 is 10.6 Å². The Morgan fingerprint density at radius 1 is 0.833 bits per heavy atom. The van der Waals surface area contributed by atoms with Crippen LogP contribution in [0.1, 0.15) is 82.5 Å². The van der Waals surface area contributed by atoms with Gasteiger partial charge in [-0.3, -0.25) is 9.59 Å². The smallest absolute Gasteiger partial charge is 0.408 e. The Kier molecular flexibility index (Phi) is 12.6. The van der Waals surface area contributed by atoms with Crippen molar-refractivity contribution in [3.05, 3.63) is 108 Å². The lowest BCUT2D eigenvalue weighted by molar-refractivity contribution is -0.141. The summed E-state index contributed by atoms with van der Waals surface area (Å²) in [6, 6.07) is 25.9. The third-order valence-corrected chi connectivity index (χ3v) is 8.20. The van der Waals surface area contributed by atoms with E-state index in [1.54, 1.807) is 45.9 Å². The minimum atomic E-state index is -1.19. The van der Waals surface area contributed by atoms with Crippen LogP contribution in [-0.4, -0.2) is 46.1 Å². The van der Waals surface area contributed by atoms with Crippen molar-refractivity contribution >= 4 is 34.4 Å². The monoisotopic (exact) mass is 651 g/mol. The lowest BCUT2D eigenvalue weighted by atomic mass is 9.97. The van der Waals surface area contributed by atoms with Gasteiger partial charge >= 0.3 is 6.09 Å². The maximum absolute atomic E-state index is 14.8. The number of hydrogen-bond acceptors (Lipinski definition) is 5. The third kappa shape index (κ3) is 10.1. The molecule has 0 aliphatic heterocycles. The van der Waals surface area contributed by atoms with Crippen LogP contribution in [-0.2, 0) is 20.7 Å². The molecule has 0 bridgehead atoms. The first-order chi connectivity index (χ1) is 23.0. The quantitative estimate of drug-likeness (QED) is 0.119. The van der Waals surface area contributed by atoms with E-state index in [-0.39, 0.29) is 18.7 Å². The lowest BCUT2D eigenvalue weighted by Crippen LogP contribution is -2.53. The van der Waals surface area contributed by atoms with Gasteiger partial charge in [0, 0.05) is 24.2 Å². The molecule has 0 aliphatic carbocycles. The Balaban J connectivity index is 1.77. The van der Waals surface area contributed by atoms with Gasteiger partial charge in [-0.2, -0.15) is 0 Å². The van der Waals surface area contributed by atoms with E-state index in [2.05, 4.69) is 17.6 Å². The number of amides is 3. The van der Waals surface area contributed by atoms with Crippen LogP contribution in [0.15, 0.2) is 91.0 Å². The molecule has 0 radical (unpaired) electrons. The summed E-state index contributed by atoms with van der Waals surface area (Å²) in [4.78, 5) is 43.9. The Bertz CT molecular complexity index is 1680. The SMILES string of the molecule is CCCCCCCN(C(=O)C(Cc1ccccc1)NC(=O)OC(C)(C)C)C(C(=O)Nc1ccc2ccccc2c1)c1cccc(C)c1O. The highest BCUT2D eigenvalue weighted by Crippen LogP contribution is 2.34. The van der Waals surface area contributed by atoms with Gasteiger partial charge in [-0.25, -0.2) is 4.79 Å². The molecule has 0 heterocycles. The van der Waals surface area contributed by atoms with E-state index < -0.39 is 35.6 Å². The van der Waals surface area contributed by atoms with E-state index >= 15 is 0 Å². The number of anilines is 1. The van der Waals surface area contributed by atoms with Crippen molar-refractivity contribution in [2.75, 3.05) is 11.9 Å². The molecule has 0 saturated carbocycles. The van der Waals surface area contributed by atoms with Crippen LogP contribution in [0.2, 0.25) is 0 Å². The molecule has 3 N–H and O–H groups in total. The average Bonchev–Trinajstić information content (AvgIpc) is 3.04. The number of phenols is 1. The number of aryl methyl sites for hydroxylation is 1. The molecule has 3 amide bonds. The zero-order valence-corrected chi connectivity index (χ0v) is 28.8. The van der Waals surface area contributed by atoms with E-state index in [1.807, 2.05) is 72.8 Å². The Labute approximate surface area is 284 Å². The number of rotatable bonds is 14. The van der Waals surface area contributed by atoms with E-state index in [9.17, 15) is 19.5 Å². The number of nitrogens with one attached hydrogen (secondary N) is 2. The predicted octanol–water partition coefficient (Wildman–Crippen LogP) is 8.47. The molecular weight excluding hydrogens is 602 g/mol. The van der Waals surface area contributed by atoms with Crippen LogP contribution in [0.3, 0.4) is 0 Å². The molecule has 0 aromatic heterocycles. The van der Waals surface area contributed by atoms with Gasteiger partial charge in [0.25, 0.3) is 5.91 Å². The van der Waals surface area contributed by atoms with Crippen molar-refractivity contribution in [3.8, 4) is 5.75 Å². The van der Waals surface area contributed by atoms with E-state index in [0.717, 1.165) is 42.0 Å². The molecule has 254 valence electrons. The molecule has 48 heavy (non-hydrogen) atoms. The molecule has 0 fully saturated rings. The third-order valence-electron chi connectivity index (χ3n) is 8.20. The number of carbonyl (C=O) groups excluding carboxylic acids is 3. The molecule has 0 spiro atoms. The summed E-state index contributed by atoms with van der Waals surface area (Å²) in [5.74, 6) is -0.969. The zero-order valence-electron chi connectivity index (χ0n) is 28.8. The number of nitrogens with zero attached hydrogens (tertiary/aromatic N) is 1. The number of para-hydroxylation sites is 1. The first kappa shape index (κ1) is 36.0. The lowest BCUT2D eigenvalue weighted by Gasteiger charge is -2.35. The van der Waals surface area contributed by atoms with Gasteiger partial charge in [0.1, 0.15) is 23.4 Å². The van der Waals surface area contributed by atoms with Crippen molar-refractivity contribution in [1.29, 1.82) is 0 Å².